The van der Waals surface area contributed by atoms with Gasteiger partial charge in [0, 0.05) is 10.9 Å². The maximum absolute atomic E-state index is 13.1. The van der Waals surface area contributed by atoms with Gasteiger partial charge in [-0.05, 0) is 24.1 Å². The highest BCUT2D eigenvalue weighted by Gasteiger charge is 2.36. The number of benzene rings is 1. The Kier molecular flexibility index (Phi) is 3.08. The molecule has 2 rings (SSSR count). The molecule has 1 heterocycles. The van der Waals surface area contributed by atoms with E-state index < -0.39 is 28.5 Å². The van der Waals surface area contributed by atoms with Crippen molar-refractivity contribution in [2.24, 2.45) is 5.73 Å². The van der Waals surface area contributed by atoms with E-state index in [0.717, 1.165) is 18.6 Å². The summed E-state index contributed by atoms with van der Waals surface area (Å²) in [5.41, 5.74) is 6.39. The average Bonchev–Trinajstić information content (AvgIpc) is 2.46. The summed E-state index contributed by atoms with van der Waals surface area (Å²) in [5.74, 6) is -1.89. The van der Waals surface area contributed by atoms with Crippen molar-refractivity contribution < 1.29 is 13.0 Å². The Bertz CT molecular complexity index is 450. The van der Waals surface area contributed by atoms with Crippen LogP contribution in [0.3, 0.4) is 0 Å². The first-order valence-electron chi connectivity index (χ1n) is 5.21. The lowest BCUT2D eigenvalue weighted by Crippen LogP contribution is -2.23. The summed E-state index contributed by atoms with van der Waals surface area (Å²) >= 11 is 0. The van der Waals surface area contributed by atoms with E-state index in [4.69, 9.17) is 5.73 Å². The first-order valence-corrected chi connectivity index (χ1v) is 6.42. The molecule has 1 aliphatic heterocycles. The molecule has 0 aromatic heterocycles. The van der Waals surface area contributed by atoms with Crippen molar-refractivity contribution in [3.63, 3.8) is 0 Å². The standard InChI is InChI=1S/C11H13F2NOS/c1-2-3-9-11(14)6-4-7(12)8(13)5-10(6)16(9)15/h4-5,9,11H,2-3,14H2,1H3. The van der Waals surface area contributed by atoms with Gasteiger partial charge in [-0.15, -0.1) is 0 Å². The summed E-state index contributed by atoms with van der Waals surface area (Å²) in [6.45, 7) is 1.97. The van der Waals surface area contributed by atoms with E-state index in [-0.39, 0.29) is 5.25 Å². The fourth-order valence-electron chi connectivity index (χ4n) is 2.05. The molecular formula is C11H13F2NOS. The highest BCUT2D eigenvalue weighted by atomic mass is 32.2. The molecule has 16 heavy (non-hydrogen) atoms. The maximum Gasteiger partial charge on any atom is 0.160 e. The van der Waals surface area contributed by atoms with E-state index >= 15 is 0 Å². The van der Waals surface area contributed by atoms with Crippen LogP contribution in [-0.4, -0.2) is 9.46 Å². The monoisotopic (exact) mass is 245 g/mol. The topological polar surface area (TPSA) is 43.1 Å². The number of rotatable bonds is 2. The van der Waals surface area contributed by atoms with Gasteiger partial charge in [-0.1, -0.05) is 13.3 Å². The van der Waals surface area contributed by atoms with Crippen LogP contribution >= 0.6 is 0 Å². The van der Waals surface area contributed by atoms with Crippen molar-refractivity contribution in [3.05, 3.63) is 29.3 Å². The van der Waals surface area contributed by atoms with Gasteiger partial charge in [0.05, 0.1) is 16.0 Å². The van der Waals surface area contributed by atoms with Crippen LogP contribution in [0.2, 0.25) is 0 Å². The van der Waals surface area contributed by atoms with Gasteiger partial charge in [0.1, 0.15) is 0 Å². The van der Waals surface area contributed by atoms with Crippen LogP contribution in [-0.2, 0) is 10.8 Å². The lowest BCUT2D eigenvalue weighted by atomic mass is 10.0. The molecule has 3 atom stereocenters. The van der Waals surface area contributed by atoms with Crippen molar-refractivity contribution in [1.29, 1.82) is 0 Å². The predicted octanol–water partition coefficient (Wildman–Crippen LogP) is 2.25. The number of hydrogen-bond acceptors (Lipinski definition) is 2. The summed E-state index contributed by atoms with van der Waals surface area (Å²) in [6.07, 6.45) is 1.55. The second-order valence-corrected chi connectivity index (χ2v) is 5.59. The van der Waals surface area contributed by atoms with Gasteiger partial charge >= 0.3 is 0 Å². The second kappa shape index (κ2) is 4.22. The Morgan fingerprint density at radius 3 is 2.62 bits per heavy atom. The molecule has 3 unspecified atom stereocenters. The van der Waals surface area contributed by atoms with E-state index in [1.54, 1.807) is 0 Å². The molecule has 0 bridgehead atoms. The number of nitrogens with two attached hydrogens (primary N) is 1. The van der Waals surface area contributed by atoms with Crippen LogP contribution in [0.4, 0.5) is 8.78 Å². The summed E-state index contributed by atoms with van der Waals surface area (Å²) in [5, 5.41) is -0.221. The van der Waals surface area contributed by atoms with E-state index in [1.165, 1.54) is 0 Å². The molecule has 0 aliphatic carbocycles. The van der Waals surface area contributed by atoms with Crippen LogP contribution in [0.25, 0.3) is 0 Å². The summed E-state index contributed by atoms with van der Waals surface area (Å²) in [4.78, 5) is 0.352. The Labute approximate surface area is 95.3 Å². The lowest BCUT2D eigenvalue weighted by Gasteiger charge is -2.12. The summed E-state index contributed by atoms with van der Waals surface area (Å²) in [6, 6.07) is 1.63. The van der Waals surface area contributed by atoms with Gasteiger partial charge in [-0.2, -0.15) is 0 Å². The van der Waals surface area contributed by atoms with E-state index in [0.29, 0.717) is 16.9 Å². The van der Waals surface area contributed by atoms with Crippen LogP contribution < -0.4 is 5.73 Å². The Morgan fingerprint density at radius 2 is 2.00 bits per heavy atom. The predicted molar refractivity (Wildman–Crippen MR) is 58.4 cm³/mol. The molecule has 0 saturated heterocycles. The fourth-order valence-corrected chi connectivity index (χ4v) is 3.88. The molecular weight excluding hydrogens is 232 g/mol. The molecule has 0 saturated carbocycles. The molecule has 5 heteroatoms. The molecule has 0 amide bonds. The summed E-state index contributed by atoms with van der Waals surface area (Å²) < 4.78 is 38.1. The van der Waals surface area contributed by atoms with Crippen LogP contribution in [0, 0.1) is 11.6 Å². The van der Waals surface area contributed by atoms with Crippen molar-refractivity contribution in [2.75, 3.05) is 0 Å². The number of halogens is 2. The van der Waals surface area contributed by atoms with Gasteiger partial charge in [-0.25, -0.2) is 8.78 Å². The maximum atomic E-state index is 13.1. The zero-order valence-electron chi connectivity index (χ0n) is 8.87. The largest absolute Gasteiger partial charge is 0.323 e. The number of hydrogen-bond donors (Lipinski definition) is 1. The molecule has 1 aromatic carbocycles. The average molecular weight is 245 g/mol. The molecule has 2 nitrogen and oxygen atoms in total. The quantitative estimate of drug-likeness (QED) is 0.868. The molecule has 1 aliphatic rings. The third-order valence-electron chi connectivity index (χ3n) is 2.88. The molecule has 0 fully saturated rings. The van der Waals surface area contributed by atoms with Crippen LogP contribution in [0.1, 0.15) is 31.4 Å². The minimum Gasteiger partial charge on any atom is -0.323 e. The number of fused-ring (bicyclic) bond motifs is 1. The first kappa shape index (κ1) is 11.7. The smallest absolute Gasteiger partial charge is 0.160 e. The Hall–Kier alpha value is -0.810. The SMILES string of the molecule is CCCC1C(N)c2cc(F)c(F)cc2S1=O. The van der Waals surface area contributed by atoms with Gasteiger partial charge in [0.25, 0.3) is 0 Å². The molecule has 88 valence electrons. The van der Waals surface area contributed by atoms with E-state index in [9.17, 15) is 13.0 Å². The van der Waals surface area contributed by atoms with Crippen molar-refractivity contribution in [1.82, 2.24) is 0 Å². The van der Waals surface area contributed by atoms with Crippen molar-refractivity contribution in [2.45, 2.75) is 36.0 Å². The molecule has 1 aromatic rings. The first-order chi connectivity index (χ1) is 7.56. The van der Waals surface area contributed by atoms with Gasteiger partial charge in [0.2, 0.25) is 0 Å². The van der Waals surface area contributed by atoms with Crippen molar-refractivity contribution in [3.8, 4) is 0 Å². The lowest BCUT2D eigenvalue weighted by molar-refractivity contribution is 0.501. The van der Waals surface area contributed by atoms with E-state index in [2.05, 4.69) is 0 Å². The van der Waals surface area contributed by atoms with Gasteiger partial charge in [-0.3, -0.25) is 4.21 Å². The minimum absolute atomic E-state index is 0.221. The molecule has 0 radical (unpaired) electrons. The van der Waals surface area contributed by atoms with Gasteiger partial charge in [0.15, 0.2) is 11.6 Å². The fraction of sp³-hybridized carbons (Fsp3) is 0.455. The normalized spacial score (nSPS) is 28.1. The Balaban J connectivity index is 2.47. The Morgan fingerprint density at radius 1 is 1.38 bits per heavy atom. The summed E-state index contributed by atoms with van der Waals surface area (Å²) in [7, 11) is -1.32. The second-order valence-electron chi connectivity index (χ2n) is 3.95. The van der Waals surface area contributed by atoms with Crippen LogP contribution in [0.15, 0.2) is 17.0 Å². The zero-order valence-corrected chi connectivity index (χ0v) is 9.69. The highest BCUT2D eigenvalue weighted by Crippen LogP contribution is 2.37. The molecule has 2 N–H and O–H groups in total. The van der Waals surface area contributed by atoms with Gasteiger partial charge < -0.3 is 5.73 Å². The van der Waals surface area contributed by atoms with Crippen molar-refractivity contribution >= 4 is 10.8 Å². The van der Waals surface area contributed by atoms with Crippen LogP contribution in [0.5, 0.6) is 0 Å². The van der Waals surface area contributed by atoms with E-state index in [1.807, 2.05) is 6.92 Å². The highest BCUT2D eigenvalue weighted by molar-refractivity contribution is 7.86. The molecule has 0 spiro atoms. The zero-order chi connectivity index (χ0) is 11.9. The third kappa shape index (κ3) is 1.68. The minimum atomic E-state index is -1.32. The third-order valence-corrected chi connectivity index (χ3v) is 4.74.